The fourth-order valence-corrected chi connectivity index (χ4v) is 0.992. The van der Waals surface area contributed by atoms with Gasteiger partial charge in [-0.2, -0.15) is 0 Å². The molecule has 5 nitrogen and oxygen atoms in total. The molecular formula is C8H12O5. The third-order valence-electron chi connectivity index (χ3n) is 1.60. The van der Waals surface area contributed by atoms with Crippen LogP contribution in [0.3, 0.4) is 0 Å². The largest absolute Gasteiger partial charge is 0.478 e. The second-order valence-corrected chi connectivity index (χ2v) is 2.39. The van der Waals surface area contributed by atoms with Crippen molar-refractivity contribution in [3.63, 3.8) is 0 Å². The van der Waals surface area contributed by atoms with E-state index in [-0.39, 0.29) is 30.6 Å². The Bertz CT molecular complexity index is 241. The number of hydrogen-bond acceptors (Lipinski definition) is 3. The smallest absolute Gasteiger partial charge is 0.332 e. The first-order valence-electron chi connectivity index (χ1n) is 3.84. The van der Waals surface area contributed by atoms with Crippen LogP contribution in [0.2, 0.25) is 0 Å². The summed E-state index contributed by atoms with van der Waals surface area (Å²) in [5, 5.41) is 25.8. The molecule has 0 aliphatic heterocycles. The number of carboxylic acids is 2. The van der Waals surface area contributed by atoms with Crippen LogP contribution in [0.25, 0.3) is 0 Å². The Labute approximate surface area is 75.3 Å². The van der Waals surface area contributed by atoms with Crippen LogP contribution in [0.1, 0.15) is 19.8 Å². The summed E-state index contributed by atoms with van der Waals surface area (Å²) in [4.78, 5) is 21.1. The Morgan fingerprint density at radius 3 is 1.77 bits per heavy atom. The predicted octanol–water partition coefficient (Wildman–Crippen LogP) is 0.245. The number of hydrogen-bond donors (Lipinski definition) is 3. The highest BCUT2D eigenvalue weighted by Crippen LogP contribution is 2.12. The summed E-state index contributed by atoms with van der Waals surface area (Å²) in [6, 6.07) is 0. The SMILES string of the molecule is CC/C(C(=O)O)=C(\CCO)C(=O)O. The van der Waals surface area contributed by atoms with Gasteiger partial charge in [0.2, 0.25) is 0 Å². The number of aliphatic hydroxyl groups is 1. The van der Waals surface area contributed by atoms with E-state index in [2.05, 4.69) is 0 Å². The molecule has 0 spiro atoms. The van der Waals surface area contributed by atoms with Crippen molar-refractivity contribution in [1.29, 1.82) is 0 Å². The Morgan fingerprint density at radius 1 is 1.08 bits per heavy atom. The van der Waals surface area contributed by atoms with Crippen LogP contribution in [0, 0.1) is 0 Å². The van der Waals surface area contributed by atoms with Gasteiger partial charge in [-0.15, -0.1) is 0 Å². The minimum Gasteiger partial charge on any atom is -0.478 e. The summed E-state index contributed by atoms with van der Waals surface area (Å²) < 4.78 is 0. The van der Waals surface area contributed by atoms with Crippen LogP contribution in [-0.2, 0) is 9.59 Å². The minimum atomic E-state index is -1.28. The van der Waals surface area contributed by atoms with Crippen molar-refractivity contribution < 1.29 is 24.9 Å². The fourth-order valence-electron chi connectivity index (χ4n) is 0.992. The van der Waals surface area contributed by atoms with Crippen molar-refractivity contribution in [3.05, 3.63) is 11.1 Å². The van der Waals surface area contributed by atoms with E-state index in [0.29, 0.717) is 0 Å². The second-order valence-electron chi connectivity index (χ2n) is 2.39. The van der Waals surface area contributed by atoms with Crippen LogP contribution in [0.5, 0.6) is 0 Å². The molecule has 0 saturated carbocycles. The van der Waals surface area contributed by atoms with E-state index >= 15 is 0 Å². The molecule has 3 N–H and O–H groups in total. The van der Waals surface area contributed by atoms with E-state index < -0.39 is 11.9 Å². The Balaban J connectivity index is 5.00. The molecule has 74 valence electrons. The number of carbonyl (C=O) groups is 2. The van der Waals surface area contributed by atoms with Crippen LogP contribution < -0.4 is 0 Å². The van der Waals surface area contributed by atoms with E-state index in [1.54, 1.807) is 6.92 Å². The lowest BCUT2D eigenvalue weighted by molar-refractivity contribution is -0.136. The highest BCUT2D eigenvalue weighted by molar-refractivity contribution is 5.98. The molecule has 0 aromatic rings. The molecule has 0 atom stereocenters. The second kappa shape index (κ2) is 5.31. The van der Waals surface area contributed by atoms with E-state index in [1.807, 2.05) is 0 Å². The molecule has 0 rings (SSSR count). The van der Waals surface area contributed by atoms with Crippen LogP contribution in [0.15, 0.2) is 11.1 Å². The highest BCUT2D eigenvalue weighted by atomic mass is 16.4. The lowest BCUT2D eigenvalue weighted by Crippen LogP contribution is -2.12. The maximum Gasteiger partial charge on any atom is 0.332 e. The van der Waals surface area contributed by atoms with Gasteiger partial charge in [0.05, 0.1) is 0 Å². The van der Waals surface area contributed by atoms with Gasteiger partial charge in [0, 0.05) is 24.2 Å². The quantitative estimate of drug-likeness (QED) is 0.537. The summed E-state index contributed by atoms with van der Waals surface area (Å²) in [5.41, 5.74) is -0.376. The van der Waals surface area contributed by atoms with E-state index in [4.69, 9.17) is 15.3 Å². The summed E-state index contributed by atoms with van der Waals surface area (Å²) in [5.74, 6) is -2.53. The maximum absolute atomic E-state index is 10.6. The Kier molecular flexibility index (Phi) is 4.76. The normalized spacial score (nSPS) is 12.2. The van der Waals surface area contributed by atoms with Gasteiger partial charge in [0.25, 0.3) is 0 Å². The molecule has 0 aliphatic carbocycles. The molecule has 13 heavy (non-hydrogen) atoms. The van der Waals surface area contributed by atoms with Gasteiger partial charge in [-0.05, 0) is 6.42 Å². The fraction of sp³-hybridized carbons (Fsp3) is 0.500. The highest BCUT2D eigenvalue weighted by Gasteiger charge is 2.17. The van der Waals surface area contributed by atoms with Crippen LogP contribution >= 0.6 is 0 Å². The molecule has 0 fully saturated rings. The molecule has 0 aromatic heterocycles. The van der Waals surface area contributed by atoms with Gasteiger partial charge in [-0.25, -0.2) is 9.59 Å². The number of aliphatic carboxylic acids is 2. The molecule has 0 aromatic carbocycles. The van der Waals surface area contributed by atoms with Crippen molar-refractivity contribution >= 4 is 11.9 Å². The van der Waals surface area contributed by atoms with Gasteiger partial charge in [0.1, 0.15) is 0 Å². The predicted molar refractivity (Wildman–Crippen MR) is 44.3 cm³/mol. The number of aliphatic hydroxyl groups excluding tert-OH is 1. The summed E-state index contributed by atoms with van der Waals surface area (Å²) in [7, 11) is 0. The van der Waals surface area contributed by atoms with Crippen molar-refractivity contribution in [1.82, 2.24) is 0 Å². The van der Waals surface area contributed by atoms with E-state index in [1.165, 1.54) is 0 Å². The van der Waals surface area contributed by atoms with E-state index in [9.17, 15) is 9.59 Å². The first-order valence-corrected chi connectivity index (χ1v) is 3.84. The standard InChI is InChI=1S/C8H12O5/c1-2-5(7(10)11)6(3-4-9)8(12)13/h9H,2-4H2,1H3,(H,10,11)(H,12,13)/b6-5-. The van der Waals surface area contributed by atoms with Gasteiger partial charge in [-0.3, -0.25) is 0 Å². The number of carboxylic acid groups (broad SMARTS) is 2. The van der Waals surface area contributed by atoms with Gasteiger partial charge in [-0.1, -0.05) is 6.92 Å². The van der Waals surface area contributed by atoms with E-state index in [0.717, 1.165) is 0 Å². The summed E-state index contributed by atoms with van der Waals surface area (Å²) in [6.45, 7) is 1.20. The topological polar surface area (TPSA) is 94.8 Å². The minimum absolute atomic E-state index is 0.134. The average Bonchev–Trinajstić information content (AvgIpc) is 2.03. The third-order valence-corrected chi connectivity index (χ3v) is 1.60. The molecule has 0 unspecified atom stereocenters. The van der Waals surface area contributed by atoms with Gasteiger partial charge in [0.15, 0.2) is 0 Å². The lowest BCUT2D eigenvalue weighted by atomic mass is 10.0. The third kappa shape index (κ3) is 3.25. The molecule has 0 heterocycles. The molecule has 5 heteroatoms. The maximum atomic E-state index is 10.6. The number of rotatable bonds is 5. The molecule has 0 radical (unpaired) electrons. The monoisotopic (exact) mass is 188 g/mol. The van der Waals surface area contributed by atoms with Crippen molar-refractivity contribution in [2.24, 2.45) is 0 Å². The average molecular weight is 188 g/mol. The van der Waals surface area contributed by atoms with Crippen LogP contribution in [-0.4, -0.2) is 33.9 Å². The zero-order valence-electron chi connectivity index (χ0n) is 7.28. The summed E-state index contributed by atoms with van der Waals surface area (Å²) in [6.07, 6.45) is 0.00176. The Hall–Kier alpha value is -1.36. The van der Waals surface area contributed by atoms with Crippen molar-refractivity contribution in [3.8, 4) is 0 Å². The lowest BCUT2D eigenvalue weighted by Gasteiger charge is -2.04. The molecule has 0 aliphatic rings. The first kappa shape index (κ1) is 11.6. The van der Waals surface area contributed by atoms with Gasteiger partial charge >= 0.3 is 11.9 Å². The molecule has 0 bridgehead atoms. The molecular weight excluding hydrogens is 176 g/mol. The van der Waals surface area contributed by atoms with Crippen molar-refractivity contribution in [2.45, 2.75) is 19.8 Å². The zero-order chi connectivity index (χ0) is 10.4. The van der Waals surface area contributed by atoms with Gasteiger partial charge < -0.3 is 15.3 Å². The zero-order valence-corrected chi connectivity index (χ0v) is 7.28. The van der Waals surface area contributed by atoms with Crippen LogP contribution in [0.4, 0.5) is 0 Å². The Morgan fingerprint density at radius 2 is 1.54 bits per heavy atom. The van der Waals surface area contributed by atoms with Crippen molar-refractivity contribution in [2.75, 3.05) is 6.61 Å². The molecule has 0 amide bonds. The summed E-state index contributed by atoms with van der Waals surface area (Å²) >= 11 is 0. The molecule has 0 saturated heterocycles. The first-order chi connectivity index (χ1) is 6.04.